The maximum Gasteiger partial charge on any atom is 0.320 e. The maximum absolute atomic E-state index is 16.1. The minimum atomic E-state index is -0.616. The highest BCUT2D eigenvalue weighted by Gasteiger charge is 2.36. The van der Waals surface area contributed by atoms with Gasteiger partial charge in [-0.3, -0.25) is 19.3 Å². The molecule has 5 rings (SSSR count). The van der Waals surface area contributed by atoms with Crippen LogP contribution in [0.2, 0.25) is 10.0 Å². The summed E-state index contributed by atoms with van der Waals surface area (Å²) in [7, 11) is 1.46. The molecule has 2 heterocycles. The van der Waals surface area contributed by atoms with E-state index in [0.717, 1.165) is 24.0 Å². The number of methoxy groups -OCH3 is 1. The maximum atomic E-state index is 16.1. The molecule has 2 atom stereocenters. The Kier molecular flexibility index (Phi) is 9.96. The van der Waals surface area contributed by atoms with E-state index in [1.807, 2.05) is 35.1 Å². The van der Waals surface area contributed by atoms with Crippen molar-refractivity contribution >= 4 is 51.7 Å². The first-order chi connectivity index (χ1) is 21.5. The third kappa shape index (κ3) is 6.64. The summed E-state index contributed by atoms with van der Waals surface area (Å²) in [4.78, 5) is 43.5. The van der Waals surface area contributed by atoms with Gasteiger partial charge in [-0.25, -0.2) is 4.39 Å². The number of piperazine rings is 1. The van der Waals surface area contributed by atoms with Crippen LogP contribution in [-0.4, -0.2) is 66.8 Å². The molecular weight excluding hydrogens is 622 g/mol. The molecule has 3 aromatic rings. The van der Waals surface area contributed by atoms with Gasteiger partial charge in [-0.1, -0.05) is 30.1 Å². The van der Waals surface area contributed by atoms with Crippen LogP contribution >= 0.6 is 23.2 Å². The second kappa shape index (κ2) is 13.6. The summed E-state index contributed by atoms with van der Waals surface area (Å²) in [6.07, 6.45) is 3.94. The second-order valence-corrected chi connectivity index (χ2v) is 12.6. The highest BCUT2D eigenvalue weighted by molar-refractivity contribution is 6.35. The van der Waals surface area contributed by atoms with E-state index in [1.165, 1.54) is 13.2 Å². The lowest BCUT2D eigenvalue weighted by atomic mass is 10.0. The molecule has 1 aliphatic carbocycles. The summed E-state index contributed by atoms with van der Waals surface area (Å²) in [6, 6.07) is 4.52. The number of amides is 1. The van der Waals surface area contributed by atoms with Gasteiger partial charge in [0.25, 0.3) is 5.91 Å². The highest BCUT2D eigenvalue weighted by atomic mass is 35.5. The molecule has 0 spiro atoms. The zero-order valence-corrected chi connectivity index (χ0v) is 27.7. The van der Waals surface area contributed by atoms with Crippen LogP contribution in [0.25, 0.3) is 10.9 Å². The van der Waals surface area contributed by atoms with E-state index in [9.17, 15) is 14.4 Å². The molecule has 45 heavy (non-hydrogen) atoms. The summed E-state index contributed by atoms with van der Waals surface area (Å²) in [5.41, 5.74) is 1.68. The van der Waals surface area contributed by atoms with Gasteiger partial charge in [0.15, 0.2) is 11.6 Å². The number of aryl methyl sites for hydroxylation is 1. The Hall–Kier alpha value is -3.34. The zero-order chi connectivity index (χ0) is 32.6. The van der Waals surface area contributed by atoms with Crippen LogP contribution in [0.3, 0.4) is 0 Å². The van der Waals surface area contributed by atoms with Crippen molar-refractivity contribution in [3.8, 4) is 5.75 Å². The highest BCUT2D eigenvalue weighted by Crippen LogP contribution is 2.44. The number of anilines is 1. The number of rotatable bonds is 10. The number of ether oxygens (including phenoxy) is 2. The third-order valence-corrected chi connectivity index (χ3v) is 9.24. The molecule has 1 saturated carbocycles. The molecule has 2 aromatic carbocycles. The van der Waals surface area contributed by atoms with Crippen LogP contribution in [-0.2, 0) is 22.5 Å². The first kappa shape index (κ1) is 33.0. The quantitative estimate of drug-likeness (QED) is 0.277. The topological polar surface area (TPSA) is 93.1 Å². The first-order valence-electron chi connectivity index (χ1n) is 15.4. The van der Waals surface area contributed by atoms with Crippen LogP contribution in [0.5, 0.6) is 5.75 Å². The Bertz CT molecular complexity index is 1680. The van der Waals surface area contributed by atoms with Gasteiger partial charge in [0.05, 0.1) is 31.2 Å². The van der Waals surface area contributed by atoms with Gasteiger partial charge >= 0.3 is 5.97 Å². The number of carbonyl (C=O) groups is 2. The fourth-order valence-corrected chi connectivity index (χ4v) is 6.98. The van der Waals surface area contributed by atoms with E-state index in [4.69, 9.17) is 32.7 Å². The fourth-order valence-electron chi connectivity index (χ4n) is 6.37. The Morgan fingerprint density at radius 3 is 2.38 bits per heavy atom. The van der Waals surface area contributed by atoms with Crippen molar-refractivity contribution < 1.29 is 23.5 Å². The third-order valence-electron chi connectivity index (χ3n) is 8.68. The van der Waals surface area contributed by atoms with Crippen LogP contribution in [0.15, 0.2) is 29.2 Å². The predicted molar refractivity (Wildman–Crippen MR) is 174 cm³/mol. The molecule has 2 unspecified atom stereocenters. The molecule has 242 valence electrons. The lowest BCUT2D eigenvalue weighted by molar-refractivity contribution is -0.145. The Morgan fingerprint density at radius 1 is 1.09 bits per heavy atom. The van der Waals surface area contributed by atoms with Crippen molar-refractivity contribution in [3.05, 3.63) is 67.2 Å². The molecule has 0 bridgehead atoms. The first-order valence-corrected chi connectivity index (χ1v) is 16.1. The summed E-state index contributed by atoms with van der Waals surface area (Å²) >= 11 is 12.6. The standard InChI is InChI=1S/C33H39Cl2FN4O5/c1-6-20-10-21(34)11-26(35)24(20)13-37-33(43)25-16-40(22-8-9-22)29-23(31(25)42)12-27(36)30(32(29)44-5)38-14-18(3)39(19(4)15-38)17-28(41)45-7-2/h10-12,16,18-19,22H,6-9,13-15,17H2,1-5H3,(H,37,43). The number of halogens is 3. The van der Waals surface area contributed by atoms with E-state index in [-0.39, 0.29) is 59.6 Å². The number of benzene rings is 2. The number of fused-ring (bicyclic) bond motifs is 1. The minimum absolute atomic E-state index is 0.0449. The van der Waals surface area contributed by atoms with E-state index >= 15 is 4.39 Å². The van der Waals surface area contributed by atoms with Crippen LogP contribution < -0.4 is 20.4 Å². The Morgan fingerprint density at radius 2 is 1.78 bits per heavy atom. The molecule has 1 amide bonds. The molecule has 1 aromatic heterocycles. The van der Waals surface area contributed by atoms with Crippen LogP contribution in [0.1, 0.15) is 68.1 Å². The lowest BCUT2D eigenvalue weighted by Crippen LogP contribution is -2.58. The Labute approximate surface area is 272 Å². The lowest BCUT2D eigenvalue weighted by Gasteiger charge is -2.45. The summed E-state index contributed by atoms with van der Waals surface area (Å²) < 4.78 is 29.0. The number of nitrogens with zero attached hydrogens (tertiary/aromatic N) is 3. The SMILES string of the molecule is CCOC(=O)CN1C(C)CN(c2c(F)cc3c(=O)c(C(=O)NCc4c(Cl)cc(Cl)cc4CC)cn(C4CC4)c3c2OC)CC1C. The zero-order valence-electron chi connectivity index (χ0n) is 26.2. The second-order valence-electron chi connectivity index (χ2n) is 11.8. The van der Waals surface area contributed by atoms with Gasteiger partial charge in [0.1, 0.15) is 11.3 Å². The number of hydrogen-bond acceptors (Lipinski definition) is 7. The van der Waals surface area contributed by atoms with Gasteiger partial charge < -0.3 is 24.3 Å². The average molecular weight is 662 g/mol. The number of esters is 1. The fraction of sp³-hybridized carbons (Fsp3) is 0.485. The molecular formula is C33H39Cl2FN4O5. The molecule has 9 nitrogen and oxygen atoms in total. The smallest absolute Gasteiger partial charge is 0.320 e. The van der Waals surface area contributed by atoms with Gasteiger partial charge in [-0.15, -0.1) is 0 Å². The van der Waals surface area contributed by atoms with Crippen molar-refractivity contribution in [2.75, 3.05) is 38.3 Å². The molecule has 1 aliphatic heterocycles. The molecule has 1 N–H and O–H groups in total. The summed E-state index contributed by atoms with van der Waals surface area (Å²) in [5, 5.41) is 3.85. The van der Waals surface area contributed by atoms with Crippen molar-refractivity contribution in [2.24, 2.45) is 0 Å². The normalized spacial score (nSPS) is 18.7. The van der Waals surface area contributed by atoms with E-state index in [1.54, 1.807) is 25.3 Å². The number of nitrogens with one attached hydrogen (secondary N) is 1. The number of aromatic nitrogens is 1. The number of carbonyl (C=O) groups excluding carboxylic acids is 2. The largest absolute Gasteiger partial charge is 0.492 e. The van der Waals surface area contributed by atoms with E-state index < -0.39 is 17.2 Å². The Balaban J connectivity index is 1.51. The van der Waals surface area contributed by atoms with Gasteiger partial charge in [-0.2, -0.15) is 0 Å². The summed E-state index contributed by atoms with van der Waals surface area (Å²) in [6.45, 7) is 9.14. The predicted octanol–water partition coefficient (Wildman–Crippen LogP) is 5.75. The number of pyridine rings is 1. The van der Waals surface area contributed by atoms with Crippen molar-refractivity contribution in [1.29, 1.82) is 0 Å². The monoisotopic (exact) mass is 660 g/mol. The van der Waals surface area contributed by atoms with Gasteiger partial charge in [0, 0.05) is 54.0 Å². The molecule has 1 saturated heterocycles. The van der Waals surface area contributed by atoms with Gasteiger partial charge in [0.2, 0.25) is 5.43 Å². The average Bonchev–Trinajstić information content (AvgIpc) is 3.83. The van der Waals surface area contributed by atoms with Crippen molar-refractivity contribution in [3.63, 3.8) is 0 Å². The molecule has 2 fully saturated rings. The van der Waals surface area contributed by atoms with Crippen LogP contribution in [0.4, 0.5) is 10.1 Å². The van der Waals surface area contributed by atoms with E-state index in [0.29, 0.717) is 41.7 Å². The van der Waals surface area contributed by atoms with Crippen molar-refractivity contribution in [1.82, 2.24) is 14.8 Å². The van der Waals surface area contributed by atoms with E-state index in [2.05, 4.69) is 5.32 Å². The summed E-state index contributed by atoms with van der Waals surface area (Å²) in [5.74, 6) is -1.24. The molecule has 0 radical (unpaired) electrons. The molecule has 2 aliphatic rings. The minimum Gasteiger partial charge on any atom is -0.492 e. The number of hydrogen-bond donors (Lipinski definition) is 1. The molecule has 12 heteroatoms. The van der Waals surface area contributed by atoms with Crippen LogP contribution in [0, 0.1) is 5.82 Å². The van der Waals surface area contributed by atoms with Crippen molar-refractivity contribution in [2.45, 2.75) is 71.6 Å². The van der Waals surface area contributed by atoms with Gasteiger partial charge in [-0.05, 0) is 69.4 Å².